The lowest BCUT2D eigenvalue weighted by atomic mass is 9.78. The minimum atomic E-state index is 0.819. The standard InChI is InChI=1S/C11H21NS/c1-12-11(9-5-4-6-9)10-7-2-3-8-13-10/h9-12H,2-8H2,1H3. The van der Waals surface area contributed by atoms with Gasteiger partial charge in [0.25, 0.3) is 0 Å². The second-order valence-corrected chi connectivity index (χ2v) is 5.76. The molecule has 2 aliphatic rings. The van der Waals surface area contributed by atoms with Gasteiger partial charge < -0.3 is 5.32 Å². The number of hydrogen-bond acceptors (Lipinski definition) is 2. The van der Waals surface area contributed by atoms with Crippen molar-refractivity contribution in [2.24, 2.45) is 5.92 Å². The number of hydrogen-bond donors (Lipinski definition) is 1. The molecule has 0 amide bonds. The Labute approximate surface area is 86.0 Å². The Kier molecular flexibility index (Phi) is 3.56. The van der Waals surface area contributed by atoms with Gasteiger partial charge in [-0.05, 0) is 44.4 Å². The fourth-order valence-corrected chi connectivity index (χ4v) is 4.15. The lowest BCUT2D eigenvalue weighted by Crippen LogP contribution is -2.45. The predicted octanol–water partition coefficient (Wildman–Crippen LogP) is 2.66. The van der Waals surface area contributed by atoms with Crippen LogP contribution in [0.15, 0.2) is 0 Å². The molecular weight excluding hydrogens is 178 g/mol. The molecule has 2 rings (SSSR count). The molecule has 0 aromatic carbocycles. The molecule has 0 bridgehead atoms. The highest BCUT2D eigenvalue weighted by molar-refractivity contribution is 8.00. The molecule has 1 N–H and O–H groups in total. The lowest BCUT2D eigenvalue weighted by molar-refractivity contribution is 0.228. The average molecular weight is 199 g/mol. The van der Waals surface area contributed by atoms with E-state index in [9.17, 15) is 0 Å². The zero-order chi connectivity index (χ0) is 9.10. The summed E-state index contributed by atoms with van der Waals surface area (Å²) in [5.74, 6) is 2.40. The molecule has 1 aliphatic heterocycles. The molecule has 2 heteroatoms. The minimum Gasteiger partial charge on any atom is -0.316 e. The van der Waals surface area contributed by atoms with E-state index in [1.165, 1.54) is 44.3 Å². The summed E-state index contributed by atoms with van der Waals surface area (Å²) in [5, 5.41) is 4.47. The Hall–Kier alpha value is 0.310. The first kappa shape index (κ1) is 9.85. The smallest absolute Gasteiger partial charge is 0.0211 e. The minimum absolute atomic E-state index is 0.819. The highest BCUT2D eigenvalue weighted by atomic mass is 32.2. The maximum absolute atomic E-state index is 3.55. The van der Waals surface area contributed by atoms with Crippen molar-refractivity contribution in [2.75, 3.05) is 12.8 Å². The highest BCUT2D eigenvalue weighted by Gasteiger charge is 2.32. The normalized spacial score (nSPS) is 32.5. The second kappa shape index (κ2) is 4.70. The van der Waals surface area contributed by atoms with Gasteiger partial charge in [-0.3, -0.25) is 0 Å². The summed E-state index contributed by atoms with van der Waals surface area (Å²) < 4.78 is 0. The van der Waals surface area contributed by atoms with E-state index in [4.69, 9.17) is 0 Å². The monoisotopic (exact) mass is 199 g/mol. The van der Waals surface area contributed by atoms with E-state index in [0.29, 0.717) is 0 Å². The zero-order valence-corrected chi connectivity index (χ0v) is 9.41. The van der Waals surface area contributed by atoms with Crippen LogP contribution in [0.25, 0.3) is 0 Å². The number of thioether (sulfide) groups is 1. The molecule has 1 saturated heterocycles. The van der Waals surface area contributed by atoms with E-state index < -0.39 is 0 Å². The fourth-order valence-electron chi connectivity index (χ4n) is 2.57. The molecule has 1 heterocycles. The summed E-state index contributed by atoms with van der Waals surface area (Å²) in [6, 6.07) is 0.819. The van der Waals surface area contributed by atoms with Gasteiger partial charge in [0.15, 0.2) is 0 Å². The van der Waals surface area contributed by atoms with Gasteiger partial charge in [0.1, 0.15) is 0 Å². The molecule has 0 radical (unpaired) electrons. The van der Waals surface area contributed by atoms with Gasteiger partial charge >= 0.3 is 0 Å². The molecular formula is C11H21NS. The summed E-state index contributed by atoms with van der Waals surface area (Å²) in [6.07, 6.45) is 8.78. The molecule has 2 fully saturated rings. The summed E-state index contributed by atoms with van der Waals surface area (Å²) in [5.41, 5.74) is 0. The largest absolute Gasteiger partial charge is 0.316 e. The van der Waals surface area contributed by atoms with E-state index >= 15 is 0 Å². The van der Waals surface area contributed by atoms with Gasteiger partial charge in [-0.1, -0.05) is 12.8 Å². The maximum atomic E-state index is 3.55. The first-order chi connectivity index (χ1) is 6.42. The van der Waals surface area contributed by atoms with Crippen molar-refractivity contribution in [3.63, 3.8) is 0 Å². The number of nitrogens with one attached hydrogen (secondary N) is 1. The van der Waals surface area contributed by atoms with Crippen molar-refractivity contribution in [3.05, 3.63) is 0 Å². The Balaban J connectivity index is 1.86. The van der Waals surface area contributed by atoms with Crippen molar-refractivity contribution in [1.82, 2.24) is 5.32 Å². The van der Waals surface area contributed by atoms with E-state index in [2.05, 4.69) is 24.1 Å². The molecule has 0 spiro atoms. The van der Waals surface area contributed by atoms with Crippen LogP contribution in [0.3, 0.4) is 0 Å². The molecule has 2 unspecified atom stereocenters. The van der Waals surface area contributed by atoms with Crippen molar-refractivity contribution >= 4 is 11.8 Å². The van der Waals surface area contributed by atoms with E-state index in [0.717, 1.165) is 17.2 Å². The van der Waals surface area contributed by atoms with Crippen LogP contribution in [-0.4, -0.2) is 24.1 Å². The van der Waals surface area contributed by atoms with E-state index in [1.54, 1.807) is 0 Å². The predicted molar refractivity (Wildman–Crippen MR) is 60.3 cm³/mol. The molecule has 0 aromatic rings. The van der Waals surface area contributed by atoms with Crippen molar-refractivity contribution in [2.45, 2.75) is 49.8 Å². The molecule has 2 atom stereocenters. The van der Waals surface area contributed by atoms with Crippen LogP contribution >= 0.6 is 11.8 Å². The average Bonchev–Trinajstić information content (AvgIpc) is 2.12. The van der Waals surface area contributed by atoms with Gasteiger partial charge in [0.05, 0.1) is 0 Å². The van der Waals surface area contributed by atoms with Gasteiger partial charge in [-0.2, -0.15) is 11.8 Å². The first-order valence-electron chi connectivity index (χ1n) is 5.70. The van der Waals surface area contributed by atoms with E-state index in [1.807, 2.05) is 0 Å². The zero-order valence-electron chi connectivity index (χ0n) is 8.59. The quantitative estimate of drug-likeness (QED) is 0.750. The van der Waals surface area contributed by atoms with Gasteiger partial charge in [-0.25, -0.2) is 0 Å². The Morgan fingerprint density at radius 2 is 2.00 bits per heavy atom. The van der Waals surface area contributed by atoms with Crippen molar-refractivity contribution in [3.8, 4) is 0 Å². The molecule has 1 aliphatic carbocycles. The summed E-state index contributed by atoms with van der Waals surface area (Å²) in [7, 11) is 2.15. The third kappa shape index (κ3) is 2.21. The molecule has 1 nitrogen and oxygen atoms in total. The molecule has 0 aromatic heterocycles. The summed E-state index contributed by atoms with van der Waals surface area (Å²) in [4.78, 5) is 0. The third-order valence-electron chi connectivity index (χ3n) is 3.61. The van der Waals surface area contributed by atoms with Crippen LogP contribution < -0.4 is 5.32 Å². The lowest BCUT2D eigenvalue weighted by Gasteiger charge is -2.39. The molecule has 76 valence electrons. The Bertz CT molecular complexity index is 150. The Morgan fingerprint density at radius 3 is 2.46 bits per heavy atom. The molecule has 13 heavy (non-hydrogen) atoms. The number of rotatable bonds is 3. The fraction of sp³-hybridized carbons (Fsp3) is 1.00. The molecule has 1 saturated carbocycles. The van der Waals surface area contributed by atoms with Crippen LogP contribution in [0.4, 0.5) is 0 Å². The van der Waals surface area contributed by atoms with Crippen molar-refractivity contribution < 1.29 is 0 Å². The maximum Gasteiger partial charge on any atom is 0.0211 e. The Morgan fingerprint density at radius 1 is 1.15 bits per heavy atom. The van der Waals surface area contributed by atoms with Crippen LogP contribution in [0, 0.1) is 5.92 Å². The summed E-state index contributed by atoms with van der Waals surface area (Å²) in [6.45, 7) is 0. The topological polar surface area (TPSA) is 12.0 Å². The van der Waals surface area contributed by atoms with Gasteiger partial charge in [-0.15, -0.1) is 0 Å². The van der Waals surface area contributed by atoms with Crippen LogP contribution in [-0.2, 0) is 0 Å². The third-order valence-corrected chi connectivity index (χ3v) is 5.09. The SMILES string of the molecule is CNC(C1CCC1)C1CCCCS1. The first-order valence-corrected chi connectivity index (χ1v) is 6.75. The van der Waals surface area contributed by atoms with Crippen LogP contribution in [0.2, 0.25) is 0 Å². The van der Waals surface area contributed by atoms with Crippen molar-refractivity contribution in [1.29, 1.82) is 0 Å². The van der Waals surface area contributed by atoms with Crippen LogP contribution in [0.1, 0.15) is 38.5 Å². The summed E-state index contributed by atoms with van der Waals surface area (Å²) >= 11 is 2.21. The second-order valence-electron chi connectivity index (χ2n) is 4.41. The van der Waals surface area contributed by atoms with Gasteiger partial charge in [0.2, 0.25) is 0 Å². The van der Waals surface area contributed by atoms with Gasteiger partial charge in [0, 0.05) is 11.3 Å². The highest BCUT2D eigenvalue weighted by Crippen LogP contribution is 2.37. The van der Waals surface area contributed by atoms with E-state index in [-0.39, 0.29) is 0 Å². The van der Waals surface area contributed by atoms with Crippen LogP contribution in [0.5, 0.6) is 0 Å².